The first-order valence-corrected chi connectivity index (χ1v) is 9.45. The minimum absolute atomic E-state index is 0.200. The lowest BCUT2D eigenvalue weighted by Crippen LogP contribution is -2.43. The minimum Gasteiger partial charge on any atom is -0.466 e. The quantitative estimate of drug-likeness (QED) is 0.666. The maximum atomic E-state index is 13.5. The van der Waals surface area contributed by atoms with E-state index in [1.165, 1.54) is 30.3 Å². The summed E-state index contributed by atoms with van der Waals surface area (Å²) in [5.41, 5.74) is 0.404. The molecule has 2 aromatic carbocycles. The number of hydrogen-bond donors (Lipinski definition) is 1. The highest BCUT2D eigenvalue weighted by atomic mass is 19.1. The molecule has 0 saturated carbocycles. The third-order valence-electron chi connectivity index (χ3n) is 5.47. The van der Waals surface area contributed by atoms with Crippen LogP contribution in [0.25, 0.3) is 10.9 Å². The molecule has 0 bridgehead atoms. The zero-order valence-electron chi connectivity index (χ0n) is 15.9. The van der Waals surface area contributed by atoms with E-state index in [1.54, 1.807) is 24.0 Å². The second-order valence-corrected chi connectivity index (χ2v) is 7.34. The van der Waals surface area contributed by atoms with Gasteiger partial charge in [-0.05, 0) is 42.8 Å². The van der Waals surface area contributed by atoms with E-state index in [1.807, 2.05) is 6.08 Å². The lowest BCUT2D eigenvalue weighted by atomic mass is 10.0. The summed E-state index contributed by atoms with van der Waals surface area (Å²) in [6.45, 7) is 2.06. The van der Waals surface area contributed by atoms with Crippen molar-refractivity contribution in [1.29, 1.82) is 0 Å². The van der Waals surface area contributed by atoms with Gasteiger partial charge in [-0.1, -0.05) is 23.4 Å². The lowest BCUT2D eigenvalue weighted by molar-refractivity contribution is 0.0395. The largest absolute Gasteiger partial charge is 0.466 e. The van der Waals surface area contributed by atoms with Crippen molar-refractivity contribution in [3.63, 3.8) is 0 Å². The van der Waals surface area contributed by atoms with Crippen molar-refractivity contribution in [1.82, 2.24) is 19.9 Å². The van der Waals surface area contributed by atoms with Gasteiger partial charge in [0, 0.05) is 6.54 Å². The van der Waals surface area contributed by atoms with Crippen molar-refractivity contribution < 1.29 is 19.0 Å². The number of ether oxygens (including phenoxy) is 1. The number of fused-ring (bicyclic) bond motifs is 3. The van der Waals surface area contributed by atoms with E-state index in [9.17, 15) is 19.1 Å². The van der Waals surface area contributed by atoms with E-state index in [2.05, 4.69) is 10.3 Å². The van der Waals surface area contributed by atoms with E-state index in [-0.39, 0.29) is 16.8 Å². The monoisotopic (exact) mass is 408 g/mol. The van der Waals surface area contributed by atoms with Crippen LogP contribution >= 0.6 is 0 Å². The van der Waals surface area contributed by atoms with Crippen molar-refractivity contribution in [3.8, 4) is 5.75 Å². The normalized spacial score (nSPS) is 19.4. The van der Waals surface area contributed by atoms with Gasteiger partial charge in [0.05, 0.1) is 17.0 Å². The number of rotatable bonds is 3. The van der Waals surface area contributed by atoms with Crippen LogP contribution in [-0.2, 0) is 0 Å². The number of nitrogens with zero attached hydrogens (tertiary/aromatic N) is 4. The standard InChI is InChI=1S/C21H17FN4O4/c1-11(19(27)12-4-2-5-13(22)8-12)26-21(29)14-10-17-15(9-16(14)23-24-26)20(28)25-7-3-6-18(25)30-17/h2-6,8-11,18-19,27H,7H2,1H3. The summed E-state index contributed by atoms with van der Waals surface area (Å²) in [5, 5.41) is 18.8. The van der Waals surface area contributed by atoms with E-state index in [4.69, 9.17) is 4.74 Å². The molecule has 0 saturated heterocycles. The average molecular weight is 408 g/mol. The molecule has 3 atom stereocenters. The van der Waals surface area contributed by atoms with Crippen LogP contribution in [0.2, 0.25) is 0 Å². The molecule has 152 valence electrons. The fourth-order valence-corrected chi connectivity index (χ4v) is 3.80. The summed E-state index contributed by atoms with van der Waals surface area (Å²) in [6.07, 6.45) is 1.97. The zero-order valence-corrected chi connectivity index (χ0v) is 15.9. The van der Waals surface area contributed by atoms with E-state index in [0.717, 1.165) is 4.68 Å². The molecule has 1 amide bonds. The molecule has 1 aromatic heterocycles. The highest BCUT2D eigenvalue weighted by Crippen LogP contribution is 2.33. The average Bonchev–Trinajstić information content (AvgIpc) is 3.21. The Morgan fingerprint density at radius 3 is 2.90 bits per heavy atom. The van der Waals surface area contributed by atoms with E-state index >= 15 is 0 Å². The van der Waals surface area contributed by atoms with Gasteiger partial charge < -0.3 is 9.84 Å². The van der Waals surface area contributed by atoms with Crippen LogP contribution in [0, 0.1) is 5.82 Å². The third kappa shape index (κ3) is 2.78. The van der Waals surface area contributed by atoms with Crippen molar-refractivity contribution in [2.45, 2.75) is 25.3 Å². The fraction of sp³-hybridized carbons (Fsp3) is 0.238. The number of carbonyl (C=O) groups excluding carboxylic acids is 1. The van der Waals surface area contributed by atoms with Crippen LogP contribution in [0.5, 0.6) is 5.75 Å². The number of hydrogen-bond acceptors (Lipinski definition) is 6. The molecule has 2 aliphatic heterocycles. The first-order valence-electron chi connectivity index (χ1n) is 9.45. The summed E-state index contributed by atoms with van der Waals surface area (Å²) in [6, 6.07) is 7.71. The first-order chi connectivity index (χ1) is 14.4. The summed E-state index contributed by atoms with van der Waals surface area (Å²) in [4.78, 5) is 27.3. The molecule has 0 aliphatic carbocycles. The number of aliphatic hydroxyl groups is 1. The molecule has 3 heterocycles. The molecule has 8 nitrogen and oxygen atoms in total. The second-order valence-electron chi connectivity index (χ2n) is 7.34. The molecule has 0 spiro atoms. The van der Waals surface area contributed by atoms with Gasteiger partial charge >= 0.3 is 0 Å². The Morgan fingerprint density at radius 2 is 2.10 bits per heavy atom. The van der Waals surface area contributed by atoms with Gasteiger partial charge in [0.15, 0.2) is 6.23 Å². The topological polar surface area (TPSA) is 97.5 Å². The van der Waals surface area contributed by atoms with Gasteiger partial charge in [-0.2, -0.15) is 0 Å². The van der Waals surface area contributed by atoms with Crippen molar-refractivity contribution in [2.24, 2.45) is 0 Å². The Hall–Kier alpha value is -3.59. The van der Waals surface area contributed by atoms with Crippen molar-refractivity contribution in [3.05, 3.63) is 75.8 Å². The Kier molecular flexibility index (Phi) is 4.14. The number of carbonyl (C=O) groups is 1. The Labute approximate surface area is 169 Å². The van der Waals surface area contributed by atoms with Crippen LogP contribution in [0.1, 0.15) is 35.0 Å². The number of halogens is 1. The Balaban J connectivity index is 1.57. The molecule has 0 fully saturated rings. The Morgan fingerprint density at radius 1 is 1.27 bits per heavy atom. The number of benzene rings is 2. The third-order valence-corrected chi connectivity index (χ3v) is 5.47. The van der Waals surface area contributed by atoms with Gasteiger partial charge in [0.1, 0.15) is 23.2 Å². The van der Waals surface area contributed by atoms with Gasteiger partial charge in [-0.3, -0.25) is 14.5 Å². The van der Waals surface area contributed by atoms with Crippen molar-refractivity contribution in [2.75, 3.05) is 6.54 Å². The zero-order chi connectivity index (χ0) is 21.0. The van der Waals surface area contributed by atoms with Crippen LogP contribution in [-0.4, -0.2) is 43.7 Å². The van der Waals surface area contributed by atoms with Gasteiger partial charge in [-0.15, -0.1) is 5.10 Å². The van der Waals surface area contributed by atoms with E-state index in [0.29, 0.717) is 23.4 Å². The van der Waals surface area contributed by atoms with Crippen molar-refractivity contribution >= 4 is 16.8 Å². The lowest BCUT2D eigenvalue weighted by Gasteiger charge is -2.31. The highest BCUT2D eigenvalue weighted by molar-refractivity contribution is 6.02. The fourth-order valence-electron chi connectivity index (χ4n) is 3.80. The maximum Gasteiger partial charge on any atom is 0.278 e. The molecule has 5 rings (SSSR count). The Bertz CT molecular complexity index is 1270. The molecule has 30 heavy (non-hydrogen) atoms. The summed E-state index contributed by atoms with van der Waals surface area (Å²) in [5.74, 6) is -0.386. The predicted octanol–water partition coefficient (Wildman–Crippen LogP) is 1.96. The number of aliphatic hydroxyl groups excluding tert-OH is 1. The molecule has 1 N–H and O–H groups in total. The SMILES string of the molecule is CC(C(O)c1cccc(F)c1)n1nnc2cc3c(cc2c1=O)OC1C=CCN1C3=O. The van der Waals surface area contributed by atoms with Crippen LogP contribution in [0.15, 0.2) is 53.3 Å². The highest BCUT2D eigenvalue weighted by Gasteiger charge is 2.35. The molecular formula is C21H17FN4O4. The van der Waals surface area contributed by atoms with Gasteiger partial charge in [0.2, 0.25) is 0 Å². The predicted molar refractivity (Wildman–Crippen MR) is 104 cm³/mol. The van der Waals surface area contributed by atoms with Crippen LogP contribution in [0.4, 0.5) is 4.39 Å². The summed E-state index contributed by atoms with van der Waals surface area (Å²) >= 11 is 0. The first kappa shape index (κ1) is 18.4. The molecular weight excluding hydrogens is 391 g/mol. The smallest absolute Gasteiger partial charge is 0.278 e. The molecule has 9 heteroatoms. The number of amides is 1. The molecule has 3 aromatic rings. The van der Waals surface area contributed by atoms with Gasteiger partial charge in [-0.25, -0.2) is 9.07 Å². The minimum atomic E-state index is -1.17. The summed E-state index contributed by atoms with van der Waals surface area (Å²) < 4.78 is 20.4. The molecule has 0 radical (unpaired) electrons. The van der Waals surface area contributed by atoms with E-state index < -0.39 is 29.8 Å². The molecule has 2 aliphatic rings. The van der Waals surface area contributed by atoms with Crippen LogP contribution < -0.4 is 10.3 Å². The number of aromatic nitrogens is 3. The van der Waals surface area contributed by atoms with Gasteiger partial charge in [0.25, 0.3) is 11.5 Å². The second kappa shape index (κ2) is 6.74. The van der Waals surface area contributed by atoms with Crippen LogP contribution in [0.3, 0.4) is 0 Å². The maximum absolute atomic E-state index is 13.5. The molecule has 3 unspecified atom stereocenters. The summed E-state index contributed by atoms with van der Waals surface area (Å²) in [7, 11) is 0.